The molecule has 0 aromatic heterocycles. The predicted octanol–water partition coefficient (Wildman–Crippen LogP) is 0.778. The first-order valence-electron chi connectivity index (χ1n) is 1.04. The van der Waals surface area contributed by atoms with Crippen molar-refractivity contribution in [2.75, 3.05) is 0 Å². The van der Waals surface area contributed by atoms with Crippen LogP contribution in [0.25, 0.3) is 0 Å². The Bertz CT molecular complexity index is 34.5. The van der Waals surface area contributed by atoms with Crippen LogP contribution in [0, 0.1) is 0 Å². The fourth-order valence-electron chi connectivity index (χ4n) is 0. The molecular formula is C2H4AgClO2. The summed E-state index contributed by atoms with van der Waals surface area (Å²) in [6.45, 7) is 1.08. The molecule has 0 spiro atoms. The van der Waals surface area contributed by atoms with Crippen LogP contribution in [0.15, 0.2) is 0 Å². The van der Waals surface area contributed by atoms with Gasteiger partial charge in [-0.1, -0.05) is 0 Å². The molecule has 0 aliphatic heterocycles. The fraction of sp³-hybridized carbons (Fsp3) is 0.500. The quantitative estimate of drug-likeness (QED) is 0.591. The summed E-state index contributed by atoms with van der Waals surface area (Å²) >= 11 is 2.42. The standard InChI is InChI=1S/C2H4O2.Ag.ClH/c1-2(3)4;;/h1H3,(H,3,4);;1H/q;+1;/p-1. The molecule has 1 N–H and O–H groups in total. The molecule has 0 bridgehead atoms. The summed E-state index contributed by atoms with van der Waals surface area (Å²) < 4.78 is 0. The van der Waals surface area contributed by atoms with Gasteiger partial charge in [0.2, 0.25) is 0 Å². The number of halogens is 1. The van der Waals surface area contributed by atoms with Gasteiger partial charge in [-0.15, -0.1) is 0 Å². The Labute approximate surface area is 52.2 Å². The van der Waals surface area contributed by atoms with Crippen LogP contribution in [-0.4, -0.2) is 11.1 Å². The van der Waals surface area contributed by atoms with Gasteiger partial charge in [0.15, 0.2) is 0 Å². The third-order valence-electron chi connectivity index (χ3n) is 0. The third-order valence-corrected chi connectivity index (χ3v) is 0. The van der Waals surface area contributed by atoms with Gasteiger partial charge in [0.1, 0.15) is 0 Å². The first-order valence-corrected chi connectivity index (χ1v) is 2.95. The van der Waals surface area contributed by atoms with Gasteiger partial charge in [-0.3, -0.25) is 4.79 Å². The first kappa shape index (κ1) is 9.71. The van der Waals surface area contributed by atoms with Crippen LogP contribution < -0.4 is 0 Å². The van der Waals surface area contributed by atoms with Gasteiger partial charge in [-0.25, -0.2) is 0 Å². The zero-order valence-electron chi connectivity index (χ0n) is 3.03. The zero-order valence-corrected chi connectivity index (χ0v) is 5.27. The van der Waals surface area contributed by atoms with Crippen LogP contribution >= 0.6 is 9.19 Å². The maximum absolute atomic E-state index is 9.00. The summed E-state index contributed by atoms with van der Waals surface area (Å²) in [5.41, 5.74) is 0. The van der Waals surface area contributed by atoms with Gasteiger partial charge in [0, 0.05) is 6.92 Å². The molecule has 0 rings (SSSR count). The minimum atomic E-state index is -0.833. The van der Waals surface area contributed by atoms with E-state index in [1.807, 2.05) is 0 Å². The van der Waals surface area contributed by atoms with Gasteiger partial charge in [-0.2, -0.15) is 0 Å². The van der Waals surface area contributed by atoms with Gasteiger partial charge >= 0.3 is 29.2 Å². The summed E-state index contributed by atoms with van der Waals surface area (Å²) in [7, 11) is 4.45. The van der Waals surface area contributed by atoms with Crippen LogP contribution in [0.2, 0.25) is 0 Å². The molecule has 2 nitrogen and oxygen atoms in total. The Morgan fingerprint density at radius 3 is 1.83 bits per heavy atom. The van der Waals surface area contributed by atoms with E-state index in [1.165, 1.54) is 0 Å². The van der Waals surface area contributed by atoms with Crippen LogP contribution in [-0.2, 0) is 24.8 Å². The zero-order chi connectivity index (χ0) is 5.58. The van der Waals surface area contributed by atoms with Crippen LogP contribution in [0.5, 0.6) is 0 Å². The molecule has 0 aliphatic carbocycles. The number of hydrogen-bond acceptors (Lipinski definition) is 1. The molecule has 0 aliphatic rings. The number of hydrogen-bond donors (Lipinski definition) is 1. The number of rotatable bonds is 0. The van der Waals surface area contributed by atoms with Gasteiger partial charge in [0.25, 0.3) is 5.97 Å². The molecule has 42 valence electrons. The Morgan fingerprint density at radius 1 is 1.83 bits per heavy atom. The van der Waals surface area contributed by atoms with E-state index in [4.69, 9.17) is 9.90 Å². The summed E-state index contributed by atoms with van der Waals surface area (Å²) in [5, 5.41) is 7.42. The molecular weight excluding hydrogens is 199 g/mol. The summed E-state index contributed by atoms with van der Waals surface area (Å²) in [6.07, 6.45) is 0. The Balaban J connectivity index is 0. The van der Waals surface area contributed by atoms with Gasteiger partial charge < -0.3 is 5.11 Å². The van der Waals surface area contributed by atoms with Crippen LogP contribution in [0.4, 0.5) is 0 Å². The van der Waals surface area contributed by atoms with Crippen molar-refractivity contribution in [1.82, 2.24) is 0 Å². The second-order valence-electron chi connectivity index (χ2n) is 0.519. The van der Waals surface area contributed by atoms with E-state index >= 15 is 0 Å². The molecule has 0 heterocycles. The number of aliphatic carboxylic acids is 1. The van der Waals surface area contributed by atoms with E-state index in [0.717, 1.165) is 6.92 Å². The van der Waals surface area contributed by atoms with Crippen LogP contribution in [0.1, 0.15) is 6.92 Å². The average Bonchev–Trinajstić information content (AvgIpc) is 1.41. The van der Waals surface area contributed by atoms with E-state index < -0.39 is 5.97 Å². The molecule has 0 saturated heterocycles. The van der Waals surface area contributed by atoms with Crippen molar-refractivity contribution >= 4 is 15.2 Å². The number of carboxylic acids is 1. The van der Waals surface area contributed by atoms with Crippen molar-refractivity contribution in [2.45, 2.75) is 6.92 Å². The van der Waals surface area contributed by atoms with E-state index in [-0.39, 0.29) is 0 Å². The van der Waals surface area contributed by atoms with Gasteiger partial charge in [0.05, 0.1) is 0 Å². The molecule has 6 heavy (non-hydrogen) atoms. The second kappa shape index (κ2) is 9.09. The molecule has 0 aromatic carbocycles. The molecule has 0 aromatic rings. The van der Waals surface area contributed by atoms with E-state index in [2.05, 4.69) is 29.2 Å². The molecule has 0 unspecified atom stereocenters. The Hall–Kier alpha value is 0.500. The summed E-state index contributed by atoms with van der Waals surface area (Å²) in [5.74, 6) is -0.833. The predicted molar refractivity (Wildman–Crippen MR) is 19.2 cm³/mol. The van der Waals surface area contributed by atoms with Crippen molar-refractivity contribution in [3.8, 4) is 0 Å². The monoisotopic (exact) mass is 202 g/mol. The molecule has 0 amide bonds. The first-order chi connectivity index (χ1) is 2.73. The SMILES string of the molecule is CC(=O)O.[Cl][Ag]. The topological polar surface area (TPSA) is 37.3 Å². The number of carboxylic acid groups (broad SMARTS) is 1. The van der Waals surface area contributed by atoms with Crippen molar-refractivity contribution < 1.29 is 29.9 Å². The van der Waals surface area contributed by atoms with Crippen LogP contribution in [0.3, 0.4) is 0 Å². The normalized spacial score (nSPS) is 5.33. The van der Waals surface area contributed by atoms with Crippen molar-refractivity contribution in [3.05, 3.63) is 0 Å². The third kappa shape index (κ3) is 220. The van der Waals surface area contributed by atoms with Gasteiger partial charge in [-0.05, 0) is 0 Å². The van der Waals surface area contributed by atoms with Crippen molar-refractivity contribution in [2.24, 2.45) is 0 Å². The van der Waals surface area contributed by atoms with E-state index in [9.17, 15) is 0 Å². The Morgan fingerprint density at radius 2 is 1.83 bits per heavy atom. The van der Waals surface area contributed by atoms with E-state index in [1.54, 1.807) is 0 Å². The molecule has 0 atom stereocenters. The van der Waals surface area contributed by atoms with Crippen molar-refractivity contribution in [1.29, 1.82) is 0 Å². The summed E-state index contributed by atoms with van der Waals surface area (Å²) in [6, 6.07) is 0. The minimum absolute atomic E-state index is 0.833. The fourth-order valence-corrected chi connectivity index (χ4v) is 0. The molecule has 0 saturated carbocycles. The maximum atomic E-state index is 9.00. The molecule has 0 fully saturated rings. The molecule has 0 radical (unpaired) electrons. The average molecular weight is 203 g/mol. The van der Waals surface area contributed by atoms with E-state index in [0.29, 0.717) is 0 Å². The number of carbonyl (C=O) groups is 1. The second-order valence-corrected chi connectivity index (χ2v) is 0.519. The summed E-state index contributed by atoms with van der Waals surface area (Å²) in [4.78, 5) is 9.00. The molecule has 4 heteroatoms. The van der Waals surface area contributed by atoms with Crippen molar-refractivity contribution in [3.63, 3.8) is 0 Å². The Kier molecular flexibility index (Phi) is 14.7.